The number of aromatic nitrogens is 1. The Labute approximate surface area is 210 Å². The van der Waals surface area contributed by atoms with Crippen LogP contribution >= 0.6 is 0 Å². The normalized spacial score (nSPS) is 10.9. The quantitative estimate of drug-likeness (QED) is 0.348. The fraction of sp³-hybridized carbons (Fsp3) is 0.185. The van der Waals surface area contributed by atoms with E-state index in [4.69, 9.17) is 14.2 Å². The van der Waals surface area contributed by atoms with E-state index in [1.54, 1.807) is 25.1 Å². The molecule has 3 aromatic carbocycles. The summed E-state index contributed by atoms with van der Waals surface area (Å²) < 4.78 is 45.1. The van der Waals surface area contributed by atoms with Crippen molar-refractivity contribution in [2.45, 2.75) is 6.92 Å². The first kappa shape index (κ1) is 25.6. The molecule has 0 bridgehead atoms. The van der Waals surface area contributed by atoms with Gasteiger partial charge >= 0.3 is 0 Å². The Morgan fingerprint density at radius 1 is 1.00 bits per heavy atom. The highest BCUT2D eigenvalue weighted by atomic mass is 19.1. The predicted octanol–water partition coefficient (Wildman–Crippen LogP) is 4.63. The van der Waals surface area contributed by atoms with Gasteiger partial charge in [0.1, 0.15) is 34.4 Å². The largest absolute Gasteiger partial charge is 0.508 e. The highest BCUT2D eigenvalue weighted by Crippen LogP contribution is 2.29. The Balaban J connectivity index is 1.96. The minimum absolute atomic E-state index is 0.0259. The fourth-order valence-corrected chi connectivity index (χ4v) is 4.00. The number of hydrogen-bond acceptors (Lipinski definition) is 6. The molecule has 192 valence electrons. The second-order valence-electron chi connectivity index (χ2n) is 8.04. The second kappa shape index (κ2) is 10.7. The van der Waals surface area contributed by atoms with Crippen molar-refractivity contribution in [3.05, 3.63) is 88.2 Å². The molecule has 0 aliphatic carbocycles. The topological polar surface area (TPSA) is 90.2 Å². The van der Waals surface area contributed by atoms with Gasteiger partial charge < -0.3 is 28.8 Å². The second-order valence-corrected chi connectivity index (χ2v) is 8.04. The van der Waals surface area contributed by atoms with Crippen molar-refractivity contribution >= 4 is 22.5 Å². The van der Waals surface area contributed by atoms with Gasteiger partial charge in [0, 0.05) is 61.3 Å². The molecule has 1 heterocycles. The molecular formula is C27H24F2N2O6. The maximum absolute atomic E-state index is 13.9. The molecule has 0 atom stereocenters. The summed E-state index contributed by atoms with van der Waals surface area (Å²) in [4.78, 5) is 28.2. The van der Waals surface area contributed by atoms with E-state index in [-0.39, 0.29) is 35.7 Å². The van der Waals surface area contributed by atoms with E-state index in [1.165, 1.54) is 43.2 Å². The van der Waals surface area contributed by atoms with Crippen LogP contribution in [-0.4, -0.2) is 43.1 Å². The zero-order valence-electron chi connectivity index (χ0n) is 20.3. The van der Waals surface area contributed by atoms with Crippen LogP contribution in [-0.2, 0) is 4.74 Å². The summed E-state index contributed by atoms with van der Waals surface area (Å²) in [5.41, 5.74) is -0.0930. The molecule has 10 heteroatoms. The van der Waals surface area contributed by atoms with Crippen molar-refractivity contribution in [2.24, 2.45) is 0 Å². The Kier molecular flexibility index (Phi) is 7.40. The van der Waals surface area contributed by atoms with E-state index in [2.05, 4.69) is 0 Å². The minimum Gasteiger partial charge on any atom is -0.508 e. The zero-order chi connectivity index (χ0) is 26.7. The number of carbonyl (C=O) groups excluding carboxylic acids is 1. The van der Waals surface area contributed by atoms with Gasteiger partial charge in [0.2, 0.25) is 5.43 Å². The summed E-state index contributed by atoms with van der Waals surface area (Å²) in [5.74, 6) is -1.82. The average molecular weight is 510 g/mol. The molecule has 0 saturated heterocycles. The molecule has 0 aliphatic rings. The molecule has 4 aromatic rings. The predicted molar refractivity (Wildman–Crippen MR) is 134 cm³/mol. The maximum atomic E-state index is 13.9. The van der Waals surface area contributed by atoms with Gasteiger partial charge in [0.25, 0.3) is 5.91 Å². The van der Waals surface area contributed by atoms with E-state index in [9.17, 15) is 23.5 Å². The number of nitrogens with zero attached hydrogens (tertiary/aromatic N) is 2. The number of fused-ring (bicyclic) bond motifs is 1. The summed E-state index contributed by atoms with van der Waals surface area (Å²) in [6.45, 7) is 1.64. The average Bonchev–Trinajstić information content (AvgIpc) is 2.87. The number of halogens is 2. The van der Waals surface area contributed by atoms with Gasteiger partial charge in [0.15, 0.2) is 6.79 Å². The first-order valence-electron chi connectivity index (χ1n) is 11.2. The van der Waals surface area contributed by atoms with Crippen LogP contribution in [0.15, 0.2) is 65.6 Å². The third kappa shape index (κ3) is 5.24. The van der Waals surface area contributed by atoms with Crippen LogP contribution in [0.3, 0.4) is 0 Å². The molecule has 0 aliphatic heterocycles. The number of rotatable bonds is 8. The Morgan fingerprint density at radius 3 is 2.38 bits per heavy atom. The van der Waals surface area contributed by atoms with Crippen molar-refractivity contribution in [2.75, 3.05) is 32.5 Å². The van der Waals surface area contributed by atoms with E-state index < -0.39 is 23.0 Å². The lowest BCUT2D eigenvalue weighted by atomic mass is 10.1. The van der Waals surface area contributed by atoms with Crippen LogP contribution in [0.5, 0.6) is 17.2 Å². The summed E-state index contributed by atoms with van der Waals surface area (Å²) in [7, 11) is 2.91. The third-order valence-corrected chi connectivity index (χ3v) is 5.66. The van der Waals surface area contributed by atoms with Crippen molar-refractivity contribution in [1.82, 2.24) is 4.57 Å². The number of benzene rings is 3. The van der Waals surface area contributed by atoms with Crippen LogP contribution in [0, 0.1) is 11.6 Å². The summed E-state index contributed by atoms with van der Waals surface area (Å²) in [5, 5.41) is 10.4. The van der Waals surface area contributed by atoms with Gasteiger partial charge in [-0.1, -0.05) is 0 Å². The smallest absolute Gasteiger partial charge is 0.263 e. The Hall–Kier alpha value is -4.44. The van der Waals surface area contributed by atoms with Crippen molar-refractivity contribution in [3.8, 4) is 22.9 Å². The highest BCUT2D eigenvalue weighted by Gasteiger charge is 2.23. The molecule has 8 nitrogen and oxygen atoms in total. The zero-order valence-corrected chi connectivity index (χ0v) is 20.3. The van der Waals surface area contributed by atoms with Gasteiger partial charge in [-0.3, -0.25) is 9.59 Å². The highest BCUT2D eigenvalue weighted by molar-refractivity contribution is 6.07. The first-order valence-corrected chi connectivity index (χ1v) is 11.2. The number of methoxy groups -OCH3 is 2. The lowest BCUT2D eigenvalue weighted by molar-refractivity contribution is 0.0512. The minimum atomic E-state index is -0.854. The first-order chi connectivity index (χ1) is 17.7. The van der Waals surface area contributed by atoms with E-state index in [1.807, 2.05) is 0 Å². The Bertz CT molecular complexity index is 1520. The molecule has 37 heavy (non-hydrogen) atoms. The number of hydrogen-bond donors (Lipinski definition) is 1. The van der Waals surface area contributed by atoms with E-state index in [0.29, 0.717) is 28.8 Å². The molecule has 1 aromatic heterocycles. The number of aromatic hydroxyl groups is 1. The summed E-state index contributed by atoms with van der Waals surface area (Å²) in [6.07, 6.45) is 1.32. The number of phenols is 1. The maximum Gasteiger partial charge on any atom is 0.263 e. The number of ether oxygens (including phenoxy) is 3. The fourth-order valence-electron chi connectivity index (χ4n) is 4.00. The molecule has 1 N–H and O–H groups in total. The van der Waals surface area contributed by atoms with Gasteiger partial charge in [-0.15, -0.1) is 0 Å². The molecular weight excluding hydrogens is 486 g/mol. The molecule has 4 rings (SSSR count). The summed E-state index contributed by atoms with van der Waals surface area (Å²) >= 11 is 0. The number of pyridine rings is 1. The summed E-state index contributed by atoms with van der Waals surface area (Å²) in [6, 6.07) is 11.8. The van der Waals surface area contributed by atoms with Gasteiger partial charge in [-0.2, -0.15) is 0 Å². The number of carbonyl (C=O) groups is 1. The molecule has 0 unspecified atom stereocenters. The number of anilines is 1. The molecule has 1 amide bonds. The van der Waals surface area contributed by atoms with E-state index >= 15 is 0 Å². The van der Waals surface area contributed by atoms with Crippen LogP contribution < -0.4 is 19.8 Å². The van der Waals surface area contributed by atoms with Crippen molar-refractivity contribution < 1.29 is 32.9 Å². The van der Waals surface area contributed by atoms with Crippen LogP contribution in [0.25, 0.3) is 16.6 Å². The number of phenolic OH excluding ortho intramolecular Hbond substituents is 1. The van der Waals surface area contributed by atoms with Gasteiger partial charge in [0.05, 0.1) is 18.3 Å². The standard InChI is InChI=1S/C27H24F2N2O6/c1-4-30(18-8-16(28)7-17(29)9-18)27(34)24-14-31(19-10-20(32)12-22(11-19)36-3)25-13-21(37-15-35-2)5-6-23(25)26(24)33/h5-14,32H,4,15H2,1-3H3. The van der Waals surface area contributed by atoms with Crippen LogP contribution in [0.1, 0.15) is 17.3 Å². The third-order valence-electron chi connectivity index (χ3n) is 5.66. The molecule has 0 fully saturated rings. The van der Waals surface area contributed by atoms with E-state index in [0.717, 1.165) is 17.0 Å². The van der Waals surface area contributed by atoms with Crippen molar-refractivity contribution in [1.29, 1.82) is 0 Å². The molecule has 0 saturated carbocycles. The Morgan fingerprint density at radius 2 is 1.73 bits per heavy atom. The van der Waals surface area contributed by atoms with Crippen molar-refractivity contribution in [3.63, 3.8) is 0 Å². The molecule has 0 radical (unpaired) electrons. The lowest BCUT2D eigenvalue weighted by Crippen LogP contribution is -2.35. The SMILES string of the molecule is CCN(C(=O)c1cn(-c2cc(O)cc(OC)c2)c2cc(OCOC)ccc2c1=O)c1cc(F)cc(F)c1. The number of amides is 1. The molecule has 0 spiro atoms. The lowest BCUT2D eigenvalue weighted by Gasteiger charge is -2.22. The van der Waals surface area contributed by atoms with Crippen LogP contribution in [0.4, 0.5) is 14.5 Å². The van der Waals surface area contributed by atoms with Gasteiger partial charge in [-0.05, 0) is 31.2 Å². The van der Waals surface area contributed by atoms with Gasteiger partial charge in [-0.25, -0.2) is 8.78 Å². The monoisotopic (exact) mass is 510 g/mol. The van der Waals surface area contributed by atoms with Crippen LogP contribution in [0.2, 0.25) is 0 Å².